The van der Waals surface area contributed by atoms with Crippen LogP contribution < -0.4 is 9.80 Å². The summed E-state index contributed by atoms with van der Waals surface area (Å²) >= 11 is 2.24. The highest BCUT2D eigenvalue weighted by molar-refractivity contribution is 7.19. The predicted octanol–water partition coefficient (Wildman–Crippen LogP) is 8.09. The quantitative estimate of drug-likeness (QED) is 0.156. The average Bonchev–Trinajstić information content (AvgIpc) is 3.90. The fraction of sp³-hybridized carbons (Fsp3) is 0.692. The fourth-order valence-electron chi connectivity index (χ4n) is 9.43. The van der Waals surface area contributed by atoms with Crippen molar-refractivity contribution in [3.8, 4) is 0 Å². The third-order valence-corrected chi connectivity index (χ3v) is 14.4. The van der Waals surface area contributed by atoms with Crippen molar-refractivity contribution in [2.45, 2.75) is 71.1 Å². The predicted molar refractivity (Wildman–Crippen MR) is 209 cm³/mol. The summed E-state index contributed by atoms with van der Waals surface area (Å²) in [5.74, 6) is 3.04. The number of anilines is 2. The first-order chi connectivity index (χ1) is 26.7. The molecule has 5 saturated heterocycles. The first-order valence-electron chi connectivity index (χ1n) is 19.8. The van der Waals surface area contributed by atoms with Gasteiger partial charge < -0.3 is 24.3 Å². The Bertz CT molecular complexity index is 1970. The first-order valence-corrected chi connectivity index (χ1v) is 21.4. The smallest absolute Gasteiger partial charge is 0.381 e. The van der Waals surface area contributed by atoms with Crippen molar-refractivity contribution >= 4 is 54.7 Å². The van der Waals surface area contributed by atoms with Crippen LogP contribution in [-0.4, -0.2) is 121 Å². The number of nitrogens with zero attached hydrogens (tertiary/aromatic N) is 8. The molecule has 2 spiro atoms. The van der Waals surface area contributed by atoms with E-state index in [4.69, 9.17) is 4.74 Å². The van der Waals surface area contributed by atoms with Crippen LogP contribution in [-0.2, 0) is 17.6 Å². The Hall–Kier alpha value is -2.86. The lowest BCUT2D eigenvalue weighted by Crippen LogP contribution is -2.58. The molecule has 4 aromatic rings. The van der Waals surface area contributed by atoms with Crippen molar-refractivity contribution in [3.63, 3.8) is 0 Å². The summed E-state index contributed by atoms with van der Waals surface area (Å²) in [5.41, 5.74) is 0.614. The van der Waals surface area contributed by atoms with E-state index in [2.05, 4.69) is 53.4 Å². The zero-order chi connectivity index (χ0) is 39.3. The monoisotopic (exact) mass is 824 g/mol. The maximum Gasteiger partial charge on any atom is 0.393 e. The lowest BCUT2D eigenvalue weighted by atomic mass is 9.79. The molecule has 9 rings (SSSR count). The lowest BCUT2D eigenvalue weighted by Gasteiger charge is -2.49. The summed E-state index contributed by atoms with van der Waals surface area (Å²) in [4.78, 5) is 28.7. The highest BCUT2D eigenvalue weighted by Gasteiger charge is 2.50. The second kappa shape index (κ2) is 15.7. The Labute approximate surface area is 331 Å². The summed E-state index contributed by atoms with van der Waals surface area (Å²) in [5, 5.41) is 1.51. The van der Waals surface area contributed by atoms with E-state index < -0.39 is 25.2 Å². The van der Waals surface area contributed by atoms with Gasteiger partial charge in [0.25, 0.3) is 0 Å². The molecule has 56 heavy (non-hydrogen) atoms. The van der Waals surface area contributed by atoms with E-state index in [1.807, 2.05) is 0 Å². The van der Waals surface area contributed by atoms with Gasteiger partial charge in [-0.1, -0.05) is 20.3 Å². The molecule has 0 saturated carbocycles. The van der Waals surface area contributed by atoms with E-state index in [9.17, 15) is 26.3 Å². The summed E-state index contributed by atoms with van der Waals surface area (Å²) in [6, 6.07) is 3.25. The molecular weight excluding hydrogens is 775 g/mol. The third kappa shape index (κ3) is 9.06. The van der Waals surface area contributed by atoms with Crippen molar-refractivity contribution in [3.05, 3.63) is 34.5 Å². The number of fused-ring (bicyclic) bond motifs is 2. The van der Waals surface area contributed by atoms with Gasteiger partial charge in [-0.05, 0) is 62.7 Å². The van der Waals surface area contributed by atoms with Crippen LogP contribution >= 0.6 is 22.7 Å². The summed E-state index contributed by atoms with van der Waals surface area (Å²) in [6.07, 6.45) is -1.36. The molecule has 0 bridgehead atoms. The maximum absolute atomic E-state index is 12.8. The van der Waals surface area contributed by atoms with Gasteiger partial charge in [0, 0.05) is 86.2 Å². The number of thiophene rings is 2. The normalized spacial score (nSPS) is 22.2. The Kier molecular flexibility index (Phi) is 11.2. The van der Waals surface area contributed by atoms with Crippen molar-refractivity contribution in [2.24, 2.45) is 22.7 Å². The van der Waals surface area contributed by atoms with Crippen molar-refractivity contribution in [1.29, 1.82) is 0 Å². The van der Waals surface area contributed by atoms with Crippen LogP contribution in [0.5, 0.6) is 0 Å². The third-order valence-electron chi connectivity index (χ3n) is 12.3. The number of ether oxygens (including phenoxy) is 1. The van der Waals surface area contributed by atoms with E-state index >= 15 is 0 Å². The van der Waals surface area contributed by atoms with Gasteiger partial charge in [0.2, 0.25) is 0 Å². The van der Waals surface area contributed by atoms with Gasteiger partial charge in [0.05, 0.1) is 23.6 Å². The van der Waals surface area contributed by atoms with Gasteiger partial charge in [-0.2, -0.15) is 26.3 Å². The van der Waals surface area contributed by atoms with Gasteiger partial charge in [-0.15, -0.1) is 22.7 Å². The highest BCUT2D eigenvalue weighted by Crippen LogP contribution is 2.46. The molecule has 0 amide bonds. The molecule has 0 aromatic carbocycles. The van der Waals surface area contributed by atoms with Crippen molar-refractivity contribution in [1.82, 2.24) is 29.7 Å². The zero-order valence-corrected chi connectivity index (χ0v) is 33.6. The summed E-state index contributed by atoms with van der Waals surface area (Å²) < 4.78 is 81.9. The fourth-order valence-corrected chi connectivity index (χ4v) is 11.5. The first kappa shape index (κ1) is 39.9. The van der Waals surface area contributed by atoms with Crippen LogP contribution in [0.15, 0.2) is 24.8 Å². The molecule has 17 heteroatoms. The number of halogens is 6. The molecule has 306 valence electrons. The second-order valence-electron chi connectivity index (χ2n) is 17.1. The van der Waals surface area contributed by atoms with Gasteiger partial charge in [-0.25, -0.2) is 19.9 Å². The maximum atomic E-state index is 12.8. The number of alkyl halides is 6. The van der Waals surface area contributed by atoms with Crippen LogP contribution in [0.2, 0.25) is 0 Å². The molecule has 5 fully saturated rings. The minimum Gasteiger partial charge on any atom is -0.381 e. The Balaban J connectivity index is 0.000000158. The second-order valence-corrected chi connectivity index (χ2v) is 19.3. The van der Waals surface area contributed by atoms with E-state index in [-0.39, 0.29) is 0 Å². The van der Waals surface area contributed by atoms with Gasteiger partial charge in [0.1, 0.15) is 34.0 Å². The SMILES string of the molecule is CCC(C)CN1CCC2(C1)CN(c1ncnc3sc(CC(F)(F)F)cc13)C2.FC(F)(F)Cc1cc2c(N3CC4(CCN(CC5CCOCC5)C4)C3)ncnc2s1. The van der Waals surface area contributed by atoms with Crippen LogP contribution in [0.25, 0.3) is 20.4 Å². The number of hydrogen-bond donors (Lipinski definition) is 0. The topological polar surface area (TPSA) is 73.8 Å². The van der Waals surface area contributed by atoms with E-state index in [0.717, 1.165) is 148 Å². The largest absolute Gasteiger partial charge is 0.393 e. The van der Waals surface area contributed by atoms with Crippen LogP contribution in [0, 0.1) is 22.7 Å². The van der Waals surface area contributed by atoms with Gasteiger partial charge >= 0.3 is 12.4 Å². The standard InChI is InChI=1S/C20H25F3N4OS.C19H25F3N4S/c21-20(22,23)8-15-7-16-17(24-13-25-18(16)29-15)27-11-19(12-27)3-4-26(10-19)9-14-1-5-28-6-2-14;1-3-13(2)8-25-5-4-18(9-25)10-26(11-18)16-15-6-14(7-19(20,21)22)27-17(15)24-12-23-16/h7,13-14H,1-6,8-12H2;6,12-13H,3-5,7-11H2,1-2H3. The van der Waals surface area contributed by atoms with Gasteiger partial charge in [0.15, 0.2) is 0 Å². The Morgan fingerprint density at radius 1 is 0.732 bits per heavy atom. The molecule has 9 heterocycles. The molecule has 9 nitrogen and oxygen atoms in total. The molecule has 4 aromatic heterocycles. The molecule has 1 unspecified atom stereocenters. The molecule has 0 radical (unpaired) electrons. The average molecular weight is 825 g/mol. The molecule has 5 aliphatic heterocycles. The summed E-state index contributed by atoms with van der Waals surface area (Å²) in [7, 11) is 0. The number of aromatic nitrogens is 4. The summed E-state index contributed by atoms with van der Waals surface area (Å²) in [6.45, 7) is 16.8. The molecular formula is C39H50F6N8OS2. The minimum absolute atomic E-state index is 0.299. The number of rotatable bonds is 9. The Morgan fingerprint density at radius 2 is 1.21 bits per heavy atom. The molecule has 0 N–H and O–H groups in total. The zero-order valence-electron chi connectivity index (χ0n) is 32.0. The van der Waals surface area contributed by atoms with Crippen LogP contribution in [0.3, 0.4) is 0 Å². The number of likely N-dealkylation sites (tertiary alicyclic amines) is 2. The Morgan fingerprint density at radius 3 is 1.70 bits per heavy atom. The van der Waals surface area contributed by atoms with Crippen LogP contribution in [0.4, 0.5) is 38.0 Å². The van der Waals surface area contributed by atoms with Crippen molar-refractivity contribution in [2.75, 3.05) is 88.5 Å². The molecule has 1 atom stereocenters. The number of hydrogen-bond acceptors (Lipinski definition) is 11. The molecule has 0 aliphatic carbocycles. The lowest BCUT2D eigenvalue weighted by molar-refractivity contribution is -0.127. The highest BCUT2D eigenvalue weighted by atomic mass is 32.1. The van der Waals surface area contributed by atoms with Crippen LogP contribution in [0.1, 0.15) is 55.7 Å². The molecule has 5 aliphatic rings. The minimum atomic E-state index is -4.20. The van der Waals surface area contributed by atoms with Gasteiger partial charge in [-0.3, -0.25) is 0 Å². The van der Waals surface area contributed by atoms with Crippen molar-refractivity contribution < 1.29 is 31.1 Å². The van der Waals surface area contributed by atoms with E-state index in [1.165, 1.54) is 31.9 Å². The van der Waals surface area contributed by atoms with E-state index in [0.29, 0.717) is 30.2 Å². The van der Waals surface area contributed by atoms with E-state index in [1.54, 1.807) is 12.1 Å².